The van der Waals surface area contributed by atoms with Crippen molar-refractivity contribution in [1.29, 1.82) is 0 Å². The zero-order chi connectivity index (χ0) is 21.0. The summed E-state index contributed by atoms with van der Waals surface area (Å²) in [7, 11) is 0. The molecular weight excluding hydrogens is 404 g/mol. The number of nitrogens with one attached hydrogen (secondary N) is 1. The van der Waals surface area contributed by atoms with Gasteiger partial charge in [0.2, 0.25) is 0 Å². The van der Waals surface area contributed by atoms with Crippen molar-refractivity contribution < 1.29 is 9.53 Å². The van der Waals surface area contributed by atoms with E-state index in [9.17, 15) is 4.79 Å². The number of amides is 1. The molecule has 1 aliphatic rings. The third kappa shape index (κ3) is 4.03. The Hall–Kier alpha value is -3.62. The van der Waals surface area contributed by atoms with Crippen LogP contribution in [0.15, 0.2) is 72.2 Å². The number of carbonyl (C=O) groups excluding carboxylic acids is 1. The summed E-state index contributed by atoms with van der Waals surface area (Å²) in [6, 6.07) is 22.6. The second-order valence-electron chi connectivity index (χ2n) is 7.34. The molecule has 0 saturated heterocycles. The van der Waals surface area contributed by atoms with E-state index in [-0.39, 0.29) is 5.92 Å². The van der Waals surface area contributed by atoms with Crippen LogP contribution in [0.4, 0.5) is 4.79 Å². The van der Waals surface area contributed by atoms with Gasteiger partial charge in [-0.3, -0.25) is 0 Å². The molecular formula is C26H20N2O2S. The maximum absolute atomic E-state index is 12.2. The normalized spacial score (nSPS) is 12.0. The van der Waals surface area contributed by atoms with Gasteiger partial charge in [0, 0.05) is 24.4 Å². The molecule has 1 heterocycles. The van der Waals surface area contributed by atoms with E-state index in [1.165, 1.54) is 22.3 Å². The SMILES string of the molecule is O=C(NCCC#Cc1ccc2ncsc2c1)OCC1c2ccccc2-c2ccccc21. The number of carbonyl (C=O) groups is 1. The minimum atomic E-state index is -0.408. The molecule has 0 aliphatic heterocycles. The zero-order valence-electron chi connectivity index (χ0n) is 16.8. The van der Waals surface area contributed by atoms with Gasteiger partial charge in [-0.25, -0.2) is 9.78 Å². The zero-order valence-corrected chi connectivity index (χ0v) is 17.6. The topological polar surface area (TPSA) is 51.2 Å². The van der Waals surface area contributed by atoms with E-state index in [2.05, 4.69) is 46.4 Å². The number of rotatable bonds is 4. The Kier molecular flexibility index (Phi) is 5.39. The fraction of sp³-hybridized carbons (Fsp3) is 0.154. The molecule has 4 nitrogen and oxygen atoms in total. The number of benzene rings is 3. The van der Waals surface area contributed by atoms with E-state index in [1.807, 2.05) is 48.0 Å². The smallest absolute Gasteiger partial charge is 0.407 e. The summed E-state index contributed by atoms with van der Waals surface area (Å²) >= 11 is 1.60. The van der Waals surface area contributed by atoms with Crippen molar-refractivity contribution in [3.8, 4) is 23.0 Å². The van der Waals surface area contributed by atoms with Crippen LogP contribution in [0.1, 0.15) is 29.0 Å². The van der Waals surface area contributed by atoms with E-state index < -0.39 is 6.09 Å². The molecule has 1 aliphatic carbocycles. The van der Waals surface area contributed by atoms with Gasteiger partial charge in [-0.1, -0.05) is 60.4 Å². The Labute approximate surface area is 184 Å². The Balaban J connectivity index is 1.14. The van der Waals surface area contributed by atoms with Crippen LogP contribution in [-0.4, -0.2) is 24.2 Å². The highest BCUT2D eigenvalue weighted by atomic mass is 32.1. The van der Waals surface area contributed by atoms with Gasteiger partial charge in [0.25, 0.3) is 0 Å². The fourth-order valence-electron chi connectivity index (χ4n) is 3.97. The second kappa shape index (κ2) is 8.63. The predicted octanol–water partition coefficient (Wildman–Crippen LogP) is 5.58. The van der Waals surface area contributed by atoms with Crippen molar-refractivity contribution >= 4 is 27.6 Å². The number of fused-ring (bicyclic) bond motifs is 4. The van der Waals surface area contributed by atoms with Crippen LogP contribution in [0.25, 0.3) is 21.3 Å². The van der Waals surface area contributed by atoms with E-state index in [0.29, 0.717) is 19.6 Å². The second-order valence-corrected chi connectivity index (χ2v) is 8.23. The third-order valence-corrected chi connectivity index (χ3v) is 6.22. The highest BCUT2D eigenvalue weighted by Crippen LogP contribution is 2.44. The molecule has 0 spiro atoms. The largest absolute Gasteiger partial charge is 0.449 e. The number of thiazole rings is 1. The lowest BCUT2D eigenvalue weighted by Gasteiger charge is -2.14. The van der Waals surface area contributed by atoms with E-state index in [0.717, 1.165) is 15.8 Å². The molecule has 0 unspecified atom stereocenters. The molecule has 5 rings (SSSR count). The summed E-state index contributed by atoms with van der Waals surface area (Å²) in [6.07, 6.45) is 0.153. The van der Waals surface area contributed by atoms with Gasteiger partial charge < -0.3 is 10.1 Å². The molecule has 0 bridgehead atoms. The van der Waals surface area contributed by atoms with E-state index >= 15 is 0 Å². The van der Waals surface area contributed by atoms with Crippen LogP contribution in [-0.2, 0) is 4.74 Å². The summed E-state index contributed by atoms with van der Waals surface area (Å²) < 4.78 is 6.67. The van der Waals surface area contributed by atoms with Crippen LogP contribution in [0.3, 0.4) is 0 Å². The first-order valence-corrected chi connectivity index (χ1v) is 11.1. The van der Waals surface area contributed by atoms with Gasteiger partial charge >= 0.3 is 6.09 Å². The molecule has 1 amide bonds. The van der Waals surface area contributed by atoms with Crippen molar-refractivity contribution in [3.05, 3.63) is 88.9 Å². The Morgan fingerprint density at radius 3 is 2.55 bits per heavy atom. The molecule has 152 valence electrons. The standard InChI is InChI=1S/C26H20N2O2S/c29-26(27-14-6-5-7-18-12-13-24-25(15-18)31-17-28-24)30-16-23-21-10-3-1-8-19(21)20-9-2-4-11-22(20)23/h1-4,8-13,15,17,23H,6,14,16H2,(H,27,29). The molecule has 0 atom stereocenters. The molecule has 5 heteroatoms. The highest BCUT2D eigenvalue weighted by molar-refractivity contribution is 7.16. The Bertz CT molecular complexity index is 1270. The first-order valence-electron chi connectivity index (χ1n) is 10.2. The lowest BCUT2D eigenvalue weighted by Crippen LogP contribution is -2.26. The minimum Gasteiger partial charge on any atom is -0.449 e. The number of nitrogens with zero attached hydrogens (tertiary/aromatic N) is 1. The summed E-state index contributed by atoms with van der Waals surface area (Å²) in [5, 5.41) is 2.79. The summed E-state index contributed by atoms with van der Waals surface area (Å²) in [4.78, 5) is 16.5. The molecule has 0 fully saturated rings. The third-order valence-electron chi connectivity index (χ3n) is 5.43. The molecule has 4 aromatic rings. The van der Waals surface area contributed by atoms with Gasteiger partial charge in [0.1, 0.15) is 6.61 Å². The number of hydrogen-bond donors (Lipinski definition) is 1. The van der Waals surface area contributed by atoms with Gasteiger partial charge in [-0.2, -0.15) is 0 Å². The predicted molar refractivity (Wildman–Crippen MR) is 124 cm³/mol. The van der Waals surface area contributed by atoms with Crippen LogP contribution >= 0.6 is 11.3 Å². The molecule has 1 N–H and O–H groups in total. The summed E-state index contributed by atoms with van der Waals surface area (Å²) in [6.45, 7) is 0.771. The van der Waals surface area contributed by atoms with Gasteiger partial charge in [-0.05, 0) is 40.5 Å². The number of alkyl carbamates (subject to hydrolysis) is 1. The lowest BCUT2D eigenvalue weighted by molar-refractivity contribution is 0.143. The quantitative estimate of drug-likeness (QED) is 0.344. The average molecular weight is 425 g/mol. The maximum atomic E-state index is 12.2. The van der Waals surface area contributed by atoms with Crippen LogP contribution in [0, 0.1) is 11.8 Å². The first-order chi connectivity index (χ1) is 15.3. The number of hydrogen-bond acceptors (Lipinski definition) is 4. The van der Waals surface area contributed by atoms with Crippen molar-refractivity contribution in [2.45, 2.75) is 12.3 Å². The lowest BCUT2D eigenvalue weighted by atomic mass is 9.98. The van der Waals surface area contributed by atoms with Gasteiger partial charge in [-0.15, -0.1) is 11.3 Å². The Morgan fingerprint density at radius 2 is 1.77 bits per heavy atom. The molecule has 0 radical (unpaired) electrons. The summed E-state index contributed by atoms with van der Waals surface area (Å²) in [5.41, 5.74) is 8.64. The highest BCUT2D eigenvalue weighted by Gasteiger charge is 2.28. The van der Waals surface area contributed by atoms with Crippen molar-refractivity contribution in [1.82, 2.24) is 10.3 Å². The van der Waals surface area contributed by atoms with E-state index in [4.69, 9.17) is 4.74 Å². The molecule has 31 heavy (non-hydrogen) atoms. The maximum Gasteiger partial charge on any atom is 0.407 e. The molecule has 1 aromatic heterocycles. The number of ether oxygens (including phenoxy) is 1. The van der Waals surface area contributed by atoms with Crippen molar-refractivity contribution in [3.63, 3.8) is 0 Å². The molecule has 3 aromatic carbocycles. The van der Waals surface area contributed by atoms with Crippen LogP contribution in [0.2, 0.25) is 0 Å². The first kappa shape index (κ1) is 19.3. The average Bonchev–Trinajstić information content (AvgIpc) is 3.40. The Morgan fingerprint density at radius 1 is 1.03 bits per heavy atom. The molecule has 0 saturated carbocycles. The summed E-state index contributed by atoms with van der Waals surface area (Å²) in [5.74, 6) is 6.31. The van der Waals surface area contributed by atoms with Gasteiger partial charge in [0.15, 0.2) is 0 Å². The number of aromatic nitrogens is 1. The van der Waals surface area contributed by atoms with Crippen LogP contribution < -0.4 is 5.32 Å². The van der Waals surface area contributed by atoms with E-state index in [1.54, 1.807) is 11.3 Å². The monoisotopic (exact) mass is 424 g/mol. The van der Waals surface area contributed by atoms with Crippen molar-refractivity contribution in [2.24, 2.45) is 0 Å². The van der Waals surface area contributed by atoms with Crippen molar-refractivity contribution in [2.75, 3.05) is 13.2 Å². The van der Waals surface area contributed by atoms with Crippen LogP contribution in [0.5, 0.6) is 0 Å². The van der Waals surface area contributed by atoms with Gasteiger partial charge in [0.05, 0.1) is 15.7 Å². The minimum absolute atomic E-state index is 0.0691. The fourth-order valence-corrected chi connectivity index (χ4v) is 4.69.